The van der Waals surface area contributed by atoms with Gasteiger partial charge in [-0.25, -0.2) is 17.8 Å². The lowest BCUT2D eigenvalue weighted by atomic mass is 10.1. The zero-order chi connectivity index (χ0) is 22.0. The van der Waals surface area contributed by atoms with Crippen LogP contribution < -0.4 is 10.0 Å². The van der Waals surface area contributed by atoms with Crippen LogP contribution in [0.5, 0.6) is 0 Å². The Bertz CT molecular complexity index is 1330. The van der Waals surface area contributed by atoms with Gasteiger partial charge in [-0.3, -0.25) is 14.8 Å². The number of hydrogen-bond acceptors (Lipinski definition) is 6. The van der Waals surface area contributed by atoms with Gasteiger partial charge in [0.05, 0.1) is 11.9 Å². The van der Waals surface area contributed by atoms with Crippen LogP contribution >= 0.6 is 11.3 Å². The van der Waals surface area contributed by atoms with E-state index in [1.165, 1.54) is 29.5 Å². The van der Waals surface area contributed by atoms with Crippen molar-refractivity contribution < 1.29 is 22.0 Å². The molecule has 0 atom stereocenters. The Kier molecular flexibility index (Phi) is 5.57. The normalized spacial score (nSPS) is 11.3. The van der Waals surface area contributed by atoms with Crippen molar-refractivity contribution in [1.29, 1.82) is 0 Å². The van der Waals surface area contributed by atoms with E-state index in [1.54, 1.807) is 47.8 Å². The van der Waals surface area contributed by atoms with E-state index in [9.17, 15) is 17.6 Å². The van der Waals surface area contributed by atoms with E-state index in [0.29, 0.717) is 27.8 Å². The van der Waals surface area contributed by atoms with E-state index in [4.69, 9.17) is 4.42 Å². The van der Waals surface area contributed by atoms with E-state index in [-0.39, 0.29) is 11.6 Å². The number of furan rings is 1. The lowest BCUT2D eigenvalue weighted by Gasteiger charge is -2.04. The number of aromatic nitrogens is 1. The van der Waals surface area contributed by atoms with Crippen LogP contribution in [0.1, 0.15) is 10.6 Å². The summed E-state index contributed by atoms with van der Waals surface area (Å²) in [5.74, 6) is -0.254. The number of sulfonamides is 1. The van der Waals surface area contributed by atoms with Gasteiger partial charge in [0.15, 0.2) is 10.9 Å². The molecule has 0 aliphatic carbocycles. The number of anilines is 2. The summed E-state index contributed by atoms with van der Waals surface area (Å²) in [5, 5.41) is 4.85. The molecule has 0 saturated heterocycles. The van der Waals surface area contributed by atoms with Crippen molar-refractivity contribution in [2.45, 2.75) is 0 Å². The van der Waals surface area contributed by atoms with Gasteiger partial charge in [-0.1, -0.05) is 12.1 Å². The van der Waals surface area contributed by atoms with Gasteiger partial charge in [0.2, 0.25) is 10.0 Å². The Balaban J connectivity index is 1.44. The van der Waals surface area contributed by atoms with E-state index in [0.717, 1.165) is 11.8 Å². The van der Waals surface area contributed by atoms with Crippen molar-refractivity contribution in [1.82, 2.24) is 4.98 Å². The molecule has 0 aliphatic heterocycles. The molecule has 2 heterocycles. The van der Waals surface area contributed by atoms with Crippen LogP contribution in [0, 0.1) is 5.82 Å². The minimum Gasteiger partial charge on any atom is -0.451 e. The number of nitrogens with one attached hydrogen (secondary N) is 2. The van der Waals surface area contributed by atoms with Crippen LogP contribution in [0.3, 0.4) is 0 Å². The van der Waals surface area contributed by atoms with E-state index >= 15 is 0 Å². The maximum atomic E-state index is 13.1. The second-order valence-corrected chi connectivity index (χ2v) is 9.22. The molecule has 0 aliphatic rings. The van der Waals surface area contributed by atoms with Gasteiger partial charge in [-0.2, -0.15) is 0 Å². The molecule has 7 nitrogen and oxygen atoms in total. The first-order valence-electron chi connectivity index (χ1n) is 8.98. The molecule has 0 fully saturated rings. The monoisotopic (exact) mass is 457 g/mol. The van der Waals surface area contributed by atoms with Gasteiger partial charge in [-0.05, 0) is 48.5 Å². The van der Waals surface area contributed by atoms with Gasteiger partial charge in [0.25, 0.3) is 5.91 Å². The van der Waals surface area contributed by atoms with E-state index in [2.05, 4.69) is 15.0 Å². The number of carbonyl (C=O) groups is 1. The van der Waals surface area contributed by atoms with Crippen molar-refractivity contribution in [2.75, 3.05) is 16.3 Å². The van der Waals surface area contributed by atoms with Gasteiger partial charge in [0, 0.05) is 22.2 Å². The Morgan fingerprint density at radius 1 is 1.00 bits per heavy atom. The fourth-order valence-corrected chi connectivity index (χ4v) is 4.05. The van der Waals surface area contributed by atoms with Crippen molar-refractivity contribution >= 4 is 38.1 Å². The van der Waals surface area contributed by atoms with Crippen LogP contribution in [0.4, 0.5) is 15.2 Å². The third kappa shape index (κ3) is 5.16. The van der Waals surface area contributed by atoms with Gasteiger partial charge in [0.1, 0.15) is 11.6 Å². The molecule has 0 unspecified atom stereocenters. The molecule has 0 spiro atoms. The summed E-state index contributed by atoms with van der Waals surface area (Å²) < 4.78 is 43.6. The number of carbonyl (C=O) groups excluding carboxylic acids is 1. The number of halogens is 1. The third-order valence-corrected chi connectivity index (χ3v) is 5.53. The van der Waals surface area contributed by atoms with E-state index < -0.39 is 15.9 Å². The molecule has 4 aromatic rings. The summed E-state index contributed by atoms with van der Waals surface area (Å²) in [6.45, 7) is 0. The second-order valence-electron chi connectivity index (χ2n) is 6.61. The number of nitrogens with zero attached hydrogens (tertiary/aromatic N) is 1. The highest BCUT2D eigenvalue weighted by Crippen LogP contribution is 2.27. The molecule has 0 radical (unpaired) electrons. The predicted molar refractivity (Wildman–Crippen MR) is 118 cm³/mol. The third-order valence-electron chi connectivity index (χ3n) is 4.17. The zero-order valence-corrected chi connectivity index (χ0v) is 17.8. The summed E-state index contributed by atoms with van der Waals surface area (Å²) >= 11 is 1.25. The highest BCUT2D eigenvalue weighted by Gasteiger charge is 2.15. The largest absolute Gasteiger partial charge is 0.451 e. The first-order chi connectivity index (χ1) is 14.8. The topological polar surface area (TPSA) is 101 Å². The fourth-order valence-electron chi connectivity index (χ4n) is 2.77. The molecular weight excluding hydrogens is 441 g/mol. The molecular formula is C21H16FN3O4S2. The van der Waals surface area contributed by atoms with Gasteiger partial charge >= 0.3 is 0 Å². The van der Waals surface area contributed by atoms with Crippen LogP contribution in [0.25, 0.3) is 22.6 Å². The molecule has 4 rings (SSSR count). The molecule has 0 saturated carbocycles. The lowest BCUT2D eigenvalue weighted by Crippen LogP contribution is -2.10. The van der Waals surface area contributed by atoms with Crippen LogP contribution in [-0.2, 0) is 10.0 Å². The van der Waals surface area contributed by atoms with Gasteiger partial charge in [-0.15, -0.1) is 11.3 Å². The molecule has 2 N–H and O–H groups in total. The summed E-state index contributed by atoms with van der Waals surface area (Å²) in [6.07, 6.45) is 1.08. The highest BCUT2D eigenvalue weighted by atomic mass is 32.2. The maximum Gasteiger partial charge on any atom is 0.293 e. The smallest absolute Gasteiger partial charge is 0.293 e. The average Bonchev–Trinajstić information content (AvgIpc) is 3.38. The Labute approximate surface area is 181 Å². The van der Waals surface area contributed by atoms with Crippen LogP contribution in [0.15, 0.2) is 70.5 Å². The summed E-state index contributed by atoms with van der Waals surface area (Å²) in [6, 6.07) is 15.7. The SMILES string of the molecule is CS(=O)(=O)Nc1ccc(-c2csc(NC(=O)c3ccc(-c4ccc(F)cc4)o3)n2)cc1. The molecule has 2 aromatic heterocycles. The highest BCUT2D eigenvalue weighted by molar-refractivity contribution is 7.92. The number of amides is 1. The first-order valence-corrected chi connectivity index (χ1v) is 11.7. The standard InChI is InChI=1S/C21H16FN3O4S2/c1-31(27,28)25-16-8-4-13(5-9-16)17-12-30-21(23-17)24-20(26)19-11-10-18(29-19)14-2-6-15(22)7-3-14/h2-12,25H,1H3,(H,23,24,26). The quantitative estimate of drug-likeness (QED) is 0.432. The number of rotatable bonds is 6. The summed E-state index contributed by atoms with van der Waals surface area (Å²) in [5.41, 5.74) is 2.51. The number of hydrogen-bond donors (Lipinski definition) is 2. The fraction of sp³-hybridized carbons (Fsp3) is 0.0476. The summed E-state index contributed by atoms with van der Waals surface area (Å²) in [4.78, 5) is 16.9. The minimum atomic E-state index is -3.35. The summed E-state index contributed by atoms with van der Waals surface area (Å²) in [7, 11) is -3.35. The van der Waals surface area contributed by atoms with Crippen LogP contribution in [-0.4, -0.2) is 25.6 Å². The van der Waals surface area contributed by atoms with Crippen LogP contribution in [0.2, 0.25) is 0 Å². The minimum absolute atomic E-state index is 0.104. The maximum absolute atomic E-state index is 13.1. The second kappa shape index (κ2) is 8.32. The molecule has 31 heavy (non-hydrogen) atoms. The predicted octanol–water partition coefficient (Wildman–Crippen LogP) is 4.83. The van der Waals surface area contributed by atoms with Gasteiger partial charge < -0.3 is 4.42 Å². The zero-order valence-electron chi connectivity index (χ0n) is 16.1. The molecule has 158 valence electrons. The molecule has 2 aromatic carbocycles. The average molecular weight is 458 g/mol. The Morgan fingerprint density at radius 2 is 1.68 bits per heavy atom. The van der Waals surface area contributed by atoms with Crippen molar-refractivity contribution in [3.05, 3.63) is 77.6 Å². The molecule has 0 bridgehead atoms. The van der Waals surface area contributed by atoms with Crippen molar-refractivity contribution in [2.24, 2.45) is 0 Å². The Morgan fingerprint density at radius 3 is 2.35 bits per heavy atom. The van der Waals surface area contributed by atoms with Crippen molar-refractivity contribution in [3.63, 3.8) is 0 Å². The number of benzene rings is 2. The lowest BCUT2D eigenvalue weighted by molar-refractivity contribution is 0.0997. The first kappa shape index (κ1) is 20.8. The molecule has 1 amide bonds. The number of thiazole rings is 1. The molecule has 10 heteroatoms. The Hall–Kier alpha value is -3.50. The van der Waals surface area contributed by atoms with E-state index in [1.807, 2.05) is 0 Å². The van der Waals surface area contributed by atoms with Crippen molar-refractivity contribution in [3.8, 4) is 22.6 Å².